The van der Waals surface area contributed by atoms with Gasteiger partial charge in [-0.25, -0.2) is 0 Å². The summed E-state index contributed by atoms with van der Waals surface area (Å²) in [4.78, 5) is 8.64. The molecule has 0 bridgehead atoms. The zero-order valence-electron chi connectivity index (χ0n) is 55.8. The molecule has 1 N–H and O–H groups in total. The lowest BCUT2D eigenvalue weighted by Gasteiger charge is -2.23. The van der Waals surface area contributed by atoms with Crippen molar-refractivity contribution in [3.63, 3.8) is 0 Å². The number of rotatable bonds is 18. The Hall–Kier alpha value is -11.8. The van der Waals surface area contributed by atoms with E-state index in [4.69, 9.17) is 18.9 Å². The molecule has 0 saturated heterocycles. The molecule has 0 atom stereocenters. The van der Waals surface area contributed by atoms with Crippen molar-refractivity contribution in [3.05, 3.63) is 339 Å². The summed E-state index contributed by atoms with van der Waals surface area (Å²) in [5, 5.41) is 9.82. The summed E-state index contributed by atoms with van der Waals surface area (Å²) in [7, 11) is 15.0. The number of aliphatic hydroxyl groups excluding tert-OH is 1. The summed E-state index contributed by atoms with van der Waals surface area (Å²) in [6, 6.07) is 114. The van der Waals surface area contributed by atoms with Gasteiger partial charge in [0.25, 0.3) is 0 Å². The second-order valence-corrected chi connectivity index (χ2v) is 22.7. The van der Waals surface area contributed by atoms with Crippen molar-refractivity contribution in [1.29, 1.82) is 0 Å². The van der Waals surface area contributed by atoms with Gasteiger partial charge in [0.1, 0.15) is 23.0 Å². The maximum Gasteiger partial charge on any atom is 0.126 e. The molecule has 9 nitrogen and oxygen atoms in total. The largest absolute Gasteiger partial charge is 0.497 e. The van der Waals surface area contributed by atoms with Gasteiger partial charge in [-0.05, 0) is 195 Å². The second-order valence-electron chi connectivity index (χ2n) is 22.7. The summed E-state index contributed by atoms with van der Waals surface area (Å²) >= 11 is 0. The number of hydrogen-bond donors (Lipinski definition) is 1. The summed E-state index contributed by atoms with van der Waals surface area (Å²) in [5.41, 5.74) is 21.6. The second kappa shape index (κ2) is 33.7. The zero-order valence-corrected chi connectivity index (χ0v) is 55.8. The fourth-order valence-corrected chi connectivity index (χ4v) is 11.1. The number of methoxy groups -OCH3 is 4. The average Bonchev–Trinajstić information content (AvgIpc) is 2.33. The fraction of sp³-hybridized carbons (Fsp3) is 0.103. The van der Waals surface area contributed by atoms with Gasteiger partial charge in [-0.15, -0.1) is 0 Å². The SMILES string of the molecule is CN(c1ccc(-c2ccccc2)cc1)c1ccc(-c2ccccc2)cc1.COc1ccc(N(C)c2ccc(-c3ccccc3)cc2)cc1.COc1ccc(N(C)c2ccc(CO)c(-c3ccccc3)c2)cc1-c1ccccc1.COc1ccc(N(C)c2ccc(OC)cc2)cc1. The van der Waals surface area contributed by atoms with Gasteiger partial charge in [-0.3, -0.25) is 0 Å². The molecule has 0 radical (unpaired) electrons. The van der Waals surface area contributed by atoms with Crippen LogP contribution in [0.25, 0.3) is 55.6 Å². The van der Waals surface area contributed by atoms with E-state index in [2.05, 4.69) is 241 Å². The van der Waals surface area contributed by atoms with Gasteiger partial charge in [-0.1, -0.05) is 194 Å². The first-order valence-electron chi connectivity index (χ1n) is 31.9. The van der Waals surface area contributed by atoms with Crippen LogP contribution in [-0.4, -0.2) is 61.7 Å². The van der Waals surface area contributed by atoms with Crippen LogP contribution in [0.1, 0.15) is 5.56 Å². The summed E-state index contributed by atoms with van der Waals surface area (Å²) < 4.78 is 21.1. The number of hydrogen-bond acceptors (Lipinski definition) is 9. The number of anilines is 8. The molecule has 0 amide bonds. The maximum absolute atomic E-state index is 9.82. The van der Waals surface area contributed by atoms with E-state index in [0.717, 1.165) is 84.9 Å². The third-order valence-electron chi connectivity index (χ3n) is 16.9. The zero-order chi connectivity index (χ0) is 67.0. The monoisotopic (exact) mass is 1260 g/mol. The molecule has 13 aromatic rings. The molecule has 0 aromatic heterocycles. The molecule has 0 aliphatic carbocycles. The first-order valence-corrected chi connectivity index (χ1v) is 31.9. The first kappa shape index (κ1) is 67.1. The van der Waals surface area contributed by atoms with Crippen LogP contribution >= 0.6 is 0 Å². The highest BCUT2D eigenvalue weighted by molar-refractivity contribution is 5.80. The minimum absolute atomic E-state index is 0.00884. The molecule has 0 spiro atoms. The summed E-state index contributed by atoms with van der Waals surface area (Å²) in [6.45, 7) is 0.00884. The van der Waals surface area contributed by atoms with Gasteiger partial charge < -0.3 is 43.7 Å². The van der Waals surface area contributed by atoms with Crippen LogP contribution in [0.2, 0.25) is 0 Å². The van der Waals surface area contributed by atoms with Gasteiger partial charge in [0.15, 0.2) is 0 Å². The van der Waals surface area contributed by atoms with Crippen LogP contribution in [0.3, 0.4) is 0 Å². The smallest absolute Gasteiger partial charge is 0.126 e. The van der Waals surface area contributed by atoms with E-state index in [1.165, 1.54) is 44.8 Å². The molecule has 0 fully saturated rings. The minimum atomic E-state index is 0.00884. The molecular formula is C87H82N4O5. The average molecular weight is 1260 g/mol. The van der Waals surface area contributed by atoms with Crippen molar-refractivity contribution in [2.24, 2.45) is 0 Å². The molecule has 0 heterocycles. The predicted octanol–water partition coefficient (Wildman–Crippen LogP) is 21.7. The molecular weight excluding hydrogens is 1180 g/mol. The van der Waals surface area contributed by atoms with Crippen LogP contribution in [0, 0.1) is 0 Å². The third-order valence-corrected chi connectivity index (χ3v) is 16.9. The van der Waals surface area contributed by atoms with E-state index in [9.17, 15) is 5.11 Å². The number of ether oxygens (including phenoxy) is 4. The normalized spacial score (nSPS) is 10.4. The standard InChI is InChI=1S/C27H25NO2.C25H21N.C20H19NO.C15H17NO2/c1-28(23-14-13-22(19-29)25(17-23)20-9-5-3-6-10-20)24-15-16-27(30-2)26(18-24)21-11-7-4-8-12-21;1-26(24-16-12-22(13-17-24)20-8-4-2-5-9-20)25-18-14-23(15-19-25)21-10-6-3-7-11-21;1-21(19-12-14-20(22-2)15-13-19)18-10-8-17(9-11-18)16-6-4-3-5-7-16;1-16(12-4-8-14(17-2)9-5-12)13-6-10-15(18-3)11-7-13/h3-18,29H,19H2,1-2H3;2-19H,1H3;3-15H,1-2H3;4-11H,1-3H3. The van der Waals surface area contributed by atoms with Crippen molar-refractivity contribution in [2.75, 3.05) is 76.2 Å². The van der Waals surface area contributed by atoms with Crippen molar-refractivity contribution in [3.8, 4) is 78.6 Å². The summed E-state index contributed by atoms with van der Waals surface area (Å²) in [6.07, 6.45) is 0. The van der Waals surface area contributed by atoms with Gasteiger partial charge in [0, 0.05) is 79.3 Å². The molecule has 0 aliphatic rings. The van der Waals surface area contributed by atoms with Crippen LogP contribution in [0.4, 0.5) is 45.5 Å². The Balaban J connectivity index is 0.000000141. The lowest BCUT2D eigenvalue weighted by atomic mass is 9.98. The third kappa shape index (κ3) is 17.5. The molecule has 480 valence electrons. The molecule has 13 aromatic carbocycles. The van der Waals surface area contributed by atoms with E-state index in [0.29, 0.717) is 0 Å². The Morgan fingerprint density at radius 1 is 0.229 bits per heavy atom. The fourth-order valence-electron chi connectivity index (χ4n) is 11.1. The number of nitrogens with zero attached hydrogens (tertiary/aromatic N) is 4. The van der Waals surface area contributed by atoms with Gasteiger partial charge >= 0.3 is 0 Å². The summed E-state index contributed by atoms with van der Waals surface area (Å²) in [5.74, 6) is 3.44. The minimum Gasteiger partial charge on any atom is -0.497 e. The number of aliphatic hydroxyl groups is 1. The van der Waals surface area contributed by atoms with Gasteiger partial charge in [0.2, 0.25) is 0 Å². The van der Waals surface area contributed by atoms with Crippen LogP contribution in [0.15, 0.2) is 334 Å². The molecule has 9 heteroatoms. The number of benzene rings is 13. The van der Waals surface area contributed by atoms with Crippen molar-refractivity contribution >= 4 is 45.5 Å². The molecule has 0 aliphatic heterocycles. The van der Waals surface area contributed by atoms with Crippen molar-refractivity contribution < 1.29 is 24.1 Å². The molecule has 13 rings (SSSR count). The molecule has 0 unspecified atom stereocenters. The predicted molar refractivity (Wildman–Crippen MR) is 403 cm³/mol. The quantitative estimate of drug-likeness (QED) is 0.0905. The maximum atomic E-state index is 9.82. The highest BCUT2D eigenvalue weighted by Crippen LogP contribution is 2.38. The van der Waals surface area contributed by atoms with Crippen molar-refractivity contribution in [1.82, 2.24) is 0 Å². The lowest BCUT2D eigenvalue weighted by molar-refractivity contribution is 0.282. The lowest BCUT2D eigenvalue weighted by Crippen LogP contribution is -2.10. The van der Waals surface area contributed by atoms with Crippen molar-refractivity contribution in [2.45, 2.75) is 6.61 Å². The first-order chi connectivity index (χ1) is 47.0. The van der Waals surface area contributed by atoms with E-state index in [1.807, 2.05) is 141 Å². The van der Waals surface area contributed by atoms with E-state index >= 15 is 0 Å². The van der Waals surface area contributed by atoms with E-state index in [-0.39, 0.29) is 6.61 Å². The van der Waals surface area contributed by atoms with Crippen LogP contribution in [0.5, 0.6) is 23.0 Å². The Kier molecular flexibility index (Phi) is 23.6. The Labute approximate surface area is 567 Å². The topological polar surface area (TPSA) is 70.1 Å². The van der Waals surface area contributed by atoms with Crippen LogP contribution in [-0.2, 0) is 6.61 Å². The van der Waals surface area contributed by atoms with Gasteiger partial charge in [-0.2, -0.15) is 0 Å². The molecule has 0 saturated carbocycles. The van der Waals surface area contributed by atoms with Gasteiger partial charge in [0.05, 0.1) is 35.0 Å². The molecule has 96 heavy (non-hydrogen) atoms. The van der Waals surface area contributed by atoms with Crippen LogP contribution < -0.4 is 38.5 Å². The van der Waals surface area contributed by atoms with E-state index < -0.39 is 0 Å². The highest BCUT2D eigenvalue weighted by Gasteiger charge is 2.15. The Morgan fingerprint density at radius 2 is 0.458 bits per heavy atom. The Bertz CT molecular complexity index is 4210. The van der Waals surface area contributed by atoms with E-state index in [1.54, 1.807) is 28.4 Å². The highest BCUT2D eigenvalue weighted by atomic mass is 16.5. The Morgan fingerprint density at radius 3 is 0.740 bits per heavy atom.